The molecule has 1 N–H and O–H groups in total. The number of carboxylic acid groups (broad SMARTS) is 1. The first kappa shape index (κ1) is 20.9. The Balaban J connectivity index is 1.63. The molecule has 0 saturated carbocycles. The number of likely N-dealkylation sites (tertiary alicyclic amines) is 1. The van der Waals surface area contributed by atoms with Crippen molar-refractivity contribution in [2.45, 2.75) is 24.9 Å². The molecule has 1 aliphatic rings. The van der Waals surface area contributed by atoms with Gasteiger partial charge in [0, 0.05) is 10.6 Å². The molecule has 1 fully saturated rings. The maximum absolute atomic E-state index is 13.4. The van der Waals surface area contributed by atoms with Crippen LogP contribution in [0.5, 0.6) is 5.75 Å². The zero-order chi connectivity index (χ0) is 22.0. The van der Waals surface area contributed by atoms with Crippen molar-refractivity contribution in [1.82, 2.24) is 4.90 Å². The van der Waals surface area contributed by atoms with Crippen LogP contribution in [-0.2, 0) is 4.79 Å². The van der Waals surface area contributed by atoms with Gasteiger partial charge in [-0.2, -0.15) is 0 Å². The summed E-state index contributed by atoms with van der Waals surface area (Å²) >= 11 is 6.36. The zero-order valence-corrected chi connectivity index (χ0v) is 17.8. The lowest BCUT2D eigenvalue weighted by molar-refractivity contribution is -0.141. The molecule has 6 heteroatoms. The van der Waals surface area contributed by atoms with Crippen LogP contribution in [0.1, 0.15) is 34.8 Å². The summed E-state index contributed by atoms with van der Waals surface area (Å²) in [5, 5.41) is 10.2. The molecular weight excluding hydrogens is 414 g/mol. The molecule has 1 aliphatic heterocycles. The average Bonchev–Trinajstić information content (AvgIpc) is 3.24. The summed E-state index contributed by atoms with van der Waals surface area (Å²) in [6.07, 6.45) is 0.942. The van der Waals surface area contributed by atoms with Crippen molar-refractivity contribution in [2.24, 2.45) is 0 Å². The van der Waals surface area contributed by atoms with E-state index in [2.05, 4.69) is 0 Å². The normalized spacial score (nSPS) is 18.1. The second-order valence-electron chi connectivity index (χ2n) is 7.49. The van der Waals surface area contributed by atoms with Gasteiger partial charge >= 0.3 is 5.97 Å². The van der Waals surface area contributed by atoms with Crippen molar-refractivity contribution in [3.63, 3.8) is 0 Å². The number of ether oxygens (including phenoxy) is 1. The third-order valence-electron chi connectivity index (χ3n) is 5.72. The number of rotatable bonds is 5. The van der Waals surface area contributed by atoms with E-state index in [-0.39, 0.29) is 11.9 Å². The van der Waals surface area contributed by atoms with Crippen molar-refractivity contribution >= 4 is 23.5 Å². The van der Waals surface area contributed by atoms with E-state index in [0.717, 1.165) is 22.4 Å². The molecule has 31 heavy (non-hydrogen) atoms. The van der Waals surface area contributed by atoms with Crippen LogP contribution in [0.2, 0.25) is 5.02 Å². The van der Waals surface area contributed by atoms with Gasteiger partial charge in [-0.1, -0.05) is 54.1 Å². The number of benzene rings is 3. The molecule has 3 aromatic carbocycles. The number of nitrogens with zero attached hydrogens (tertiary/aromatic N) is 1. The standard InChI is InChI=1S/C25H22ClNO4/c1-31-19-12-10-17(11-13-19)16-6-8-18(9-7-16)24(28)27-22(14-15-23(27)25(29)30)20-4-2-3-5-21(20)26/h2-13,22-23H,14-15H2,1H3,(H,29,30)/t22-,23+/m1/s1. The van der Waals surface area contributed by atoms with E-state index in [1.807, 2.05) is 54.6 Å². The minimum Gasteiger partial charge on any atom is -0.497 e. The average molecular weight is 436 g/mol. The lowest BCUT2D eigenvalue weighted by Crippen LogP contribution is -2.41. The Kier molecular flexibility index (Phi) is 5.96. The van der Waals surface area contributed by atoms with Crippen LogP contribution in [-0.4, -0.2) is 35.0 Å². The van der Waals surface area contributed by atoms with E-state index in [1.54, 1.807) is 25.3 Å². The van der Waals surface area contributed by atoms with Crippen molar-refractivity contribution in [1.29, 1.82) is 0 Å². The van der Waals surface area contributed by atoms with Gasteiger partial charge in [-0.25, -0.2) is 4.79 Å². The fourth-order valence-electron chi connectivity index (χ4n) is 4.13. The van der Waals surface area contributed by atoms with Gasteiger partial charge in [0.25, 0.3) is 5.91 Å². The zero-order valence-electron chi connectivity index (χ0n) is 17.0. The number of amides is 1. The Bertz CT molecular complexity index is 1100. The number of carboxylic acids is 1. The number of hydrogen-bond acceptors (Lipinski definition) is 3. The molecule has 0 aliphatic carbocycles. The van der Waals surface area contributed by atoms with Gasteiger partial charge in [0.1, 0.15) is 11.8 Å². The Morgan fingerprint density at radius 2 is 1.55 bits per heavy atom. The van der Waals surface area contributed by atoms with Crippen LogP contribution < -0.4 is 4.74 Å². The first-order valence-corrected chi connectivity index (χ1v) is 10.4. The fourth-order valence-corrected chi connectivity index (χ4v) is 4.39. The highest BCUT2D eigenvalue weighted by Gasteiger charge is 2.42. The lowest BCUT2D eigenvalue weighted by Gasteiger charge is -2.29. The van der Waals surface area contributed by atoms with Crippen LogP contribution in [0, 0.1) is 0 Å². The molecule has 1 heterocycles. The smallest absolute Gasteiger partial charge is 0.326 e. The quantitative estimate of drug-likeness (QED) is 0.579. The van der Waals surface area contributed by atoms with Crippen LogP contribution in [0.3, 0.4) is 0 Å². The van der Waals surface area contributed by atoms with E-state index >= 15 is 0 Å². The number of aliphatic carboxylic acids is 1. The van der Waals surface area contributed by atoms with Crippen LogP contribution in [0.4, 0.5) is 0 Å². The maximum atomic E-state index is 13.4. The minimum absolute atomic E-state index is 0.309. The number of halogens is 1. The van der Waals surface area contributed by atoms with E-state index in [1.165, 1.54) is 4.90 Å². The summed E-state index contributed by atoms with van der Waals surface area (Å²) in [7, 11) is 1.62. The number of methoxy groups -OCH3 is 1. The Labute approximate surface area is 185 Å². The van der Waals surface area contributed by atoms with Gasteiger partial charge in [0.2, 0.25) is 0 Å². The summed E-state index contributed by atoms with van der Waals surface area (Å²) in [5.74, 6) is -0.538. The second kappa shape index (κ2) is 8.82. The third-order valence-corrected chi connectivity index (χ3v) is 6.07. The molecule has 158 valence electrons. The SMILES string of the molecule is COc1ccc(-c2ccc(C(=O)N3[C@@H](c4ccccc4Cl)CC[C@H]3C(=O)O)cc2)cc1. The fraction of sp³-hybridized carbons (Fsp3) is 0.200. The van der Waals surface area contributed by atoms with Crippen molar-refractivity contribution in [2.75, 3.05) is 7.11 Å². The Morgan fingerprint density at radius 3 is 2.13 bits per heavy atom. The monoisotopic (exact) mass is 435 g/mol. The van der Waals surface area contributed by atoms with Crippen molar-refractivity contribution < 1.29 is 19.4 Å². The number of carbonyl (C=O) groups excluding carboxylic acids is 1. The number of carbonyl (C=O) groups is 2. The predicted molar refractivity (Wildman–Crippen MR) is 119 cm³/mol. The molecule has 0 bridgehead atoms. The molecule has 3 aromatic rings. The van der Waals surface area contributed by atoms with Crippen LogP contribution in [0.15, 0.2) is 72.8 Å². The van der Waals surface area contributed by atoms with Gasteiger partial charge in [0.15, 0.2) is 0 Å². The molecule has 1 saturated heterocycles. The van der Waals surface area contributed by atoms with E-state index in [0.29, 0.717) is 23.4 Å². The summed E-state index contributed by atoms with van der Waals surface area (Å²) in [6, 6.07) is 20.9. The van der Waals surface area contributed by atoms with Crippen LogP contribution in [0.25, 0.3) is 11.1 Å². The summed E-state index contributed by atoms with van der Waals surface area (Å²) in [5.41, 5.74) is 3.18. The highest BCUT2D eigenvalue weighted by atomic mass is 35.5. The van der Waals surface area contributed by atoms with Crippen LogP contribution >= 0.6 is 11.6 Å². The van der Waals surface area contributed by atoms with E-state index in [4.69, 9.17) is 16.3 Å². The largest absolute Gasteiger partial charge is 0.497 e. The minimum atomic E-state index is -1.00. The lowest BCUT2D eigenvalue weighted by atomic mass is 10.0. The Morgan fingerprint density at radius 1 is 0.935 bits per heavy atom. The van der Waals surface area contributed by atoms with Gasteiger partial charge in [-0.3, -0.25) is 4.79 Å². The third kappa shape index (κ3) is 4.14. The highest BCUT2D eigenvalue weighted by molar-refractivity contribution is 6.31. The molecule has 4 rings (SSSR count). The maximum Gasteiger partial charge on any atom is 0.326 e. The van der Waals surface area contributed by atoms with Gasteiger partial charge in [-0.05, 0) is 59.9 Å². The van der Waals surface area contributed by atoms with Crippen molar-refractivity contribution in [3.05, 3.63) is 88.9 Å². The van der Waals surface area contributed by atoms with E-state index < -0.39 is 12.0 Å². The number of hydrogen-bond donors (Lipinski definition) is 1. The molecule has 0 aromatic heterocycles. The van der Waals surface area contributed by atoms with Gasteiger partial charge in [0.05, 0.1) is 13.2 Å². The van der Waals surface area contributed by atoms with Gasteiger partial charge in [-0.15, -0.1) is 0 Å². The second-order valence-corrected chi connectivity index (χ2v) is 7.89. The summed E-state index contributed by atoms with van der Waals surface area (Å²) in [4.78, 5) is 26.7. The molecule has 5 nitrogen and oxygen atoms in total. The molecular formula is C25H22ClNO4. The molecule has 2 atom stereocenters. The Hall–Kier alpha value is -3.31. The summed E-state index contributed by atoms with van der Waals surface area (Å²) < 4.78 is 5.19. The first-order chi connectivity index (χ1) is 15.0. The first-order valence-electron chi connectivity index (χ1n) is 10.0. The van der Waals surface area contributed by atoms with Gasteiger partial charge < -0.3 is 14.7 Å². The molecule has 1 amide bonds. The van der Waals surface area contributed by atoms with Crippen molar-refractivity contribution in [3.8, 4) is 16.9 Å². The highest BCUT2D eigenvalue weighted by Crippen LogP contribution is 2.40. The molecule has 0 radical (unpaired) electrons. The molecule has 0 spiro atoms. The predicted octanol–water partition coefficient (Wildman–Crippen LogP) is 5.45. The molecule has 0 unspecified atom stereocenters. The summed E-state index contributed by atoms with van der Waals surface area (Å²) in [6.45, 7) is 0. The van der Waals surface area contributed by atoms with E-state index in [9.17, 15) is 14.7 Å². The topological polar surface area (TPSA) is 66.8 Å².